The highest BCUT2D eigenvalue weighted by Crippen LogP contribution is 2.33. The lowest BCUT2D eigenvalue weighted by Gasteiger charge is -2.28. The molecule has 0 spiro atoms. The van der Waals surface area contributed by atoms with E-state index in [9.17, 15) is 4.79 Å². The van der Waals surface area contributed by atoms with Gasteiger partial charge < -0.3 is 5.73 Å². The molecule has 0 saturated carbocycles. The highest BCUT2D eigenvalue weighted by Gasteiger charge is 2.35. The van der Waals surface area contributed by atoms with E-state index in [1.807, 2.05) is 24.6 Å². The normalized spacial score (nSPS) is 11.7. The van der Waals surface area contributed by atoms with Crippen LogP contribution in [-0.2, 0) is 0 Å². The van der Waals surface area contributed by atoms with E-state index in [-0.39, 0.29) is 11.2 Å². The van der Waals surface area contributed by atoms with Gasteiger partial charge in [-0.1, -0.05) is 13.8 Å². The van der Waals surface area contributed by atoms with Crippen LogP contribution in [0.4, 0.5) is 0 Å². The van der Waals surface area contributed by atoms with E-state index < -0.39 is 0 Å². The minimum Gasteiger partial charge on any atom is -0.329 e. The van der Waals surface area contributed by atoms with Gasteiger partial charge in [0.05, 0.1) is 0 Å². The second-order valence-corrected chi connectivity index (χ2v) is 5.25. The maximum absolute atomic E-state index is 12.3. The zero-order valence-corrected chi connectivity index (χ0v) is 11.5. The number of halogens is 1. The molecule has 84 valence electrons. The molecule has 2 nitrogen and oxygen atoms in total. The Morgan fingerprint density at radius 3 is 2.40 bits per heavy atom. The molecule has 0 bridgehead atoms. The van der Waals surface area contributed by atoms with Crippen molar-refractivity contribution in [2.24, 2.45) is 11.1 Å². The van der Waals surface area contributed by atoms with Crippen LogP contribution in [0.1, 0.15) is 37.0 Å². The standard InChI is InChI=1S/C11H16BrNOS/c1-3-11(4-2,7-13)10(14)8-5-15-6-9(8)12/h5-6H,3-4,7,13H2,1-2H3. The van der Waals surface area contributed by atoms with Gasteiger partial charge in [0, 0.05) is 32.8 Å². The van der Waals surface area contributed by atoms with Crippen LogP contribution in [0.5, 0.6) is 0 Å². The predicted molar refractivity (Wildman–Crippen MR) is 68.4 cm³/mol. The maximum atomic E-state index is 12.3. The maximum Gasteiger partial charge on any atom is 0.172 e. The summed E-state index contributed by atoms with van der Waals surface area (Å²) in [7, 11) is 0. The molecule has 0 amide bonds. The molecule has 1 aromatic rings. The average molecular weight is 290 g/mol. The molecule has 1 aromatic heterocycles. The minimum atomic E-state index is -0.385. The Labute approximate surface area is 103 Å². The van der Waals surface area contributed by atoms with Gasteiger partial charge in [-0.25, -0.2) is 0 Å². The second kappa shape index (κ2) is 5.23. The summed E-state index contributed by atoms with van der Waals surface area (Å²) < 4.78 is 0.886. The van der Waals surface area contributed by atoms with Crippen molar-refractivity contribution in [3.63, 3.8) is 0 Å². The van der Waals surface area contributed by atoms with Crippen LogP contribution >= 0.6 is 27.3 Å². The van der Waals surface area contributed by atoms with Crippen LogP contribution in [0.3, 0.4) is 0 Å². The average Bonchev–Trinajstić information content (AvgIpc) is 2.67. The monoisotopic (exact) mass is 289 g/mol. The first-order valence-corrected chi connectivity index (χ1v) is 6.81. The molecule has 0 unspecified atom stereocenters. The van der Waals surface area contributed by atoms with Gasteiger partial charge in [0.15, 0.2) is 5.78 Å². The van der Waals surface area contributed by atoms with E-state index in [0.29, 0.717) is 6.54 Å². The van der Waals surface area contributed by atoms with Crippen LogP contribution in [0.2, 0.25) is 0 Å². The van der Waals surface area contributed by atoms with Gasteiger partial charge in [-0.05, 0) is 28.8 Å². The van der Waals surface area contributed by atoms with Crippen LogP contribution in [0.15, 0.2) is 15.2 Å². The molecule has 0 aromatic carbocycles. The van der Waals surface area contributed by atoms with Crippen molar-refractivity contribution < 1.29 is 4.79 Å². The van der Waals surface area contributed by atoms with Crippen molar-refractivity contribution in [2.45, 2.75) is 26.7 Å². The summed E-state index contributed by atoms with van der Waals surface area (Å²) >= 11 is 4.93. The lowest BCUT2D eigenvalue weighted by Crippen LogP contribution is -2.37. The SMILES string of the molecule is CCC(CC)(CN)C(=O)c1cscc1Br. The van der Waals surface area contributed by atoms with Crippen LogP contribution in [0, 0.1) is 5.41 Å². The molecule has 2 N–H and O–H groups in total. The lowest BCUT2D eigenvalue weighted by molar-refractivity contribution is 0.0787. The fraction of sp³-hybridized carbons (Fsp3) is 0.545. The molecule has 0 radical (unpaired) electrons. The number of nitrogens with two attached hydrogens (primary N) is 1. The summed E-state index contributed by atoms with van der Waals surface area (Å²) in [5.74, 6) is 0.170. The zero-order valence-electron chi connectivity index (χ0n) is 9.05. The lowest BCUT2D eigenvalue weighted by atomic mass is 9.76. The number of rotatable bonds is 5. The van der Waals surface area contributed by atoms with Gasteiger partial charge in [-0.2, -0.15) is 11.3 Å². The molecule has 0 atom stereocenters. The van der Waals surface area contributed by atoms with E-state index in [4.69, 9.17) is 5.73 Å². The van der Waals surface area contributed by atoms with E-state index in [1.54, 1.807) is 0 Å². The number of hydrogen-bond donors (Lipinski definition) is 1. The molecule has 0 aliphatic carbocycles. The van der Waals surface area contributed by atoms with Crippen molar-refractivity contribution in [3.8, 4) is 0 Å². The number of ketones is 1. The summed E-state index contributed by atoms with van der Waals surface area (Å²) in [6, 6.07) is 0. The molecule has 1 rings (SSSR count). The first kappa shape index (κ1) is 12.9. The third kappa shape index (κ3) is 2.32. The molecule has 4 heteroatoms. The number of carbonyl (C=O) groups is 1. The third-order valence-corrected chi connectivity index (χ3v) is 4.79. The van der Waals surface area contributed by atoms with Gasteiger partial charge in [-0.3, -0.25) is 4.79 Å². The first-order valence-electron chi connectivity index (χ1n) is 5.07. The highest BCUT2D eigenvalue weighted by molar-refractivity contribution is 9.10. The van der Waals surface area contributed by atoms with Crippen LogP contribution in [0.25, 0.3) is 0 Å². The molecular formula is C11H16BrNOS. The topological polar surface area (TPSA) is 43.1 Å². The molecular weight excluding hydrogens is 274 g/mol. The van der Waals surface area contributed by atoms with E-state index in [2.05, 4.69) is 15.9 Å². The third-order valence-electron chi connectivity index (χ3n) is 3.09. The fourth-order valence-electron chi connectivity index (χ4n) is 1.68. The predicted octanol–water partition coefficient (Wildman–Crippen LogP) is 3.46. The summed E-state index contributed by atoms with van der Waals surface area (Å²) in [5.41, 5.74) is 6.14. The fourth-order valence-corrected chi connectivity index (χ4v) is 3.14. The van der Waals surface area contributed by atoms with Gasteiger partial charge in [0.1, 0.15) is 0 Å². The van der Waals surface area contributed by atoms with Crippen molar-refractivity contribution in [1.29, 1.82) is 0 Å². The Morgan fingerprint density at radius 2 is 2.07 bits per heavy atom. The first-order chi connectivity index (χ1) is 7.11. The van der Waals surface area contributed by atoms with Crippen molar-refractivity contribution in [3.05, 3.63) is 20.8 Å². The van der Waals surface area contributed by atoms with E-state index in [1.165, 1.54) is 11.3 Å². The van der Waals surface area contributed by atoms with Crippen molar-refractivity contribution in [1.82, 2.24) is 0 Å². The Bertz CT molecular complexity index is 336. The Morgan fingerprint density at radius 1 is 1.47 bits per heavy atom. The molecule has 0 saturated heterocycles. The molecule has 15 heavy (non-hydrogen) atoms. The van der Waals surface area contributed by atoms with Crippen molar-refractivity contribution >= 4 is 33.0 Å². The molecule has 0 fully saturated rings. The quantitative estimate of drug-likeness (QED) is 0.844. The van der Waals surface area contributed by atoms with Crippen LogP contribution in [-0.4, -0.2) is 12.3 Å². The minimum absolute atomic E-state index is 0.170. The Hall–Kier alpha value is -0.190. The Kier molecular flexibility index (Phi) is 4.49. The molecule has 1 heterocycles. The van der Waals surface area contributed by atoms with Gasteiger partial charge in [0.2, 0.25) is 0 Å². The number of Topliss-reactive ketones (excluding diaryl/α,β-unsaturated/α-hetero) is 1. The van der Waals surface area contributed by atoms with Gasteiger partial charge in [-0.15, -0.1) is 0 Å². The van der Waals surface area contributed by atoms with E-state index in [0.717, 1.165) is 22.9 Å². The Balaban J connectivity index is 3.06. The number of carbonyl (C=O) groups excluding carboxylic acids is 1. The summed E-state index contributed by atoms with van der Waals surface area (Å²) in [4.78, 5) is 12.3. The summed E-state index contributed by atoms with van der Waals surface area (Å²) in [6.07, 6.45) is 1.59. The van der Waals surface area contributed by atoms with Crippen molar-refractivity contribution in [2.75, 3.05) is 6.54 Å². The largest absolute Gasteiger partial charge is 0.329 e. The van der Waals surface area contributed by atoms with Gasteiger partial charge >= 0.3 is 0 Å². The summed E-state index contributed by atoms with van der Waals surface area (Å²) in [5, 5.41) is 3.82. The molecule has 0 aliphatic rings. The zero-order chi connectivity index (χ0) is 11.5. The highest BCUT2D eigenvalue weighted by atomic mass is 79.9. The second-order valence-electron chi connectivity index (χ2n) is 3.65. The van der Waals surface area contributed by atoms with Gasteiger partial charge in [0.25, 0.3) is 0 Å². The van der Waals surface area contributed by atoms with Crippen LogP contribution < -0.4 is 5.73 Å². The smallest absolute Gasteiger partial charge is 0.172 e. The number of thiophene rings is 1. The summed E-state index contributed by atoms with van der Waals surface area (Å²) in [6.45, 7) is 4.46. The number of hydrogen-bond acceptors (Lipinski definition) is 3. The molecule has 0 aliphatic heterocycles. The van der Waals surface area contributed by atoms with E-state index >= 15 is 0 Å².